The highest BCUT2D eigenvalue weighted by molar-refractivity contribution is 5.92. The van der Waals surface area contributed by atoms with Gasteiger partial charge in [0.25, 0.3) is 0 Å². The topological polar surface area (TPSA) is 121 Å². The molecule has 3 aromatic heterocycles. The number of ether oxygens (including phenoxy) is 2. The fraction of sp³-hybridized carbons (Fsp3) is 0.385. The fourth-order valence-corrected chi connectivity index (χ4v) is 4.43. The van der Waals surface area contributed by atoms with Gasteiger partial charge in [-0.1, -0.05) is 12.1 Å². The van der Waals surface area contributed by atoms with Gasteiger partial charge in [-0.2, -0.15) is 0 Å². The number of aliphatic hydroxyl groups is 1. The van der Waals surface area contributed by atoms with E-state index in [4.69, 9.17) is 19.4 Å². The van der Waals surface area contributed by atoms with Gasteiger partial charge in [-0.15, -0.1) is 0 Å². The molecule has 1 aliphatic rings. The number of rotatable bonds is 9. The number of likely N-dealkylation sites (N-methyl/N-ethyl adjacent to an activating group) is 1. The van der Waals surface area contributed by atoms with E-state index in [-0.39, 0.29) is 6.61 Å². The van der Waals surface area contributed by atoms with Crippen molar-refractivity contribution in [2.24, 2.45) is 0 Å². The second-order valence-corrected chi connectivity index (χ2v) is 8.93. The number of nitrogens with one attached hydrogen (secondary N) is 2. The Labute approximate surface area is 209 Å². The number of H-pyrrole nitrogens is 1. The van der Waals surface area contributed by atoms with Crippen molar-refractivity contribution in [1.82, 2.24) is 30.2 Å². The zero-order valence-corrected chi connectivity index (χ0v) is 20.5. The fourth-order valence-electron chi connectivity index (χ4n) is 4.43. The van der Waals surface area contributed by atoms with Gasteiger partial charge in [-0.3, -0.25) is 0 Å². The Morgan fingerprint density at radius 3 is 2.94 bits per heavy atom. The molecule has 5 rings (SSSR count). The molecular formula is C26H31N7O3. The van der Waals surface area contributed by atoms with Gasteiger partial charge in [-0.25, -0.2) is 19.9 Å². The minimum Gasteiger partial charge on any atom is -0.491 e. The number of hydrogen-bond acceptors (Lipinski definition) is 9. The van der Waals surface area contributed by atoms with Crippen molar-refractivity contribution in [1.29, 1.82) is 0 Å². The van der Waals surface area contributed by atoms with E-state index in [1.54, 1.807) is 13.2 Å². The number of anilines is 1. The summed E-state index contributed by atoms with van der Waals surface area (Å²) in [6.45, 7) is 2.15. The SMILES string of the molecule is CNCC(O)COc1cccc(-c2nc(-c3c[nH]c4ncncc34)cc(N(C)C3CCOCC3)n2)c1. The van der Waals surface area contributed by atoms with Gasteiger partial charge in [-0.05, 0) is 32.0 Å². The van der Waals surface area contributed by atoms with E-state index in [2.05, 4.69) is 32.2 Å². The number of aromatic amines is 1. The molecule has 3 N–H and O–H groups in total. The molecule has 4 aromatic rings. The Hall–Kier alpha value is -3.60. The summed E-state index contributed by atoms with van der Waals surface area (Å²) in [5.74, 6) is 2.08. The average molecular weight is 490 g/mol. The molecule has 0 radical (unpaired) electrons. The summed E-state index contributed by atoms with van der Waals surface area (Å²) in [7, 11) is 3.87. The summed E-state index contributed by atoms with van der Waals surface area (Å²) >= 11 is 0. The van der Waals surface area contributed by atoms with Crippen LogP contribution in [-0.4, -0.2) is 82.6 Å². The first kappa shape index (κ1) is 24.1. The summed E-state index contributed by atoms with van der Waals surface area (Å²) in [5.41, 5.74) is 3.29. The summed E-state index contributed by atoms with van der Waals surface area (Å²) in [6, 6.07) is 10.00. The summed E-state index contributed by atoms with van der Waals surface area (Å²) < 4.78 is 11.4. The van der Waals surface area contributed by atoms with Crippen LogP contribution in [0.1, 0.15) is 12.8 Å². The van der Waals surface area contributed by atoms with Gasteiger partial charge >= 0.3 is 0 Å². The number of nitrogens with zero attached hydrogens (tertiary/aromatic N) is 5. The van der Waals surface area contributed by atoms with Crippen molar-refractivity contribution in [2.45, 2.75) is 25.0 Å². The lowest BCUT2D eigenvalue weighted by Crippen LogP contribution is -2.37. The third-order valence-corrected chi connectivity index (χ3v) is 6.42. The van der Waals surface area contributed by atoms with Crippen LogP contribution in [0.4, 0.5) is 5.82 Å². The quantitative estimate of drug-likeness (QED) is 0.326. The van der Waals surface area contributed by atoms with Crippen molar-refractivity contribution in [3.05, 3.63) is 49.1 Å². The van der Waals surface area contributed by atoms with Crippen LogP contribution in [0.25, 0.3) is 33.7 Å². The van der Waals surface area contributed by atoms with E-state index in [0.717, 1.165) is 59.7 Å². The molecule has 1 saturated heterocycles. The second kappa shape index (κ2) is 11.0. The van der Waals surface area contributed by atoms with Crippen molar-refractivity contribution < 1.29 is 14.6 Å². The molecule has 36 heavy (non-hydrogen) atoms. The van der Waals surface area contributed by atoms with Gasteiger partial charge < -0.3 is 29.8 Å². The molecule has 10 nitrogen and oxygen atoms in total. The second-order valence-electron chi connectivity index (χ2n) is 8.93. The lowest BCUT2D eigenvalue weighted by atomic mass is 10.1. The van der Waals surface area contributed by atoms with Crippen molar-refractivity contribution >= 4 is 16.9 Å². The molecule has 1 aliphatic heterocycles. The monoisotopic (exact) mass is 489 g/mol. The molecule has 0 spiro atoms. The Bertz CT molecular complexity index is 1310. The lowest BCUT2D eigenvalue weighted by Gasteiger charge is -2.32. The molecule has 1 fully saturated rings. The molecule has 4 heterocycles. The van der Waals surface area contributed by atoms with E-state index >= 15 is 0 Å². The maximum absolute atomic E-state index is 10.0. The van der Waals surface area contributed by atoms with Crippen LogP contribution >= 0.6 is 0 Å². The van der Waals surface area contributed by atoms with Crippen LogP contribution in [0.2, 0.25) is 0 Å². The standard InChI is InChI=1S/C26H31N7O3/c1-27-12-19(34)15-36-20-5-3-4-17(10-20)25-31-23(21-14-29-26-22(21)13-28-16-30-26)11-24(32-25)33(2)18-6-8-35-9-7-18/h3-5,10-11,13-14,16,18-19,27,34H,6-9,12,15H2,1-2H3,(H,28,29,30). The van der Waals surface area contributed by atoms with E-state index in [1.807, 2.05) is 36.5 Å². The first-order valence-corrected chi connectivity index (χ1v) is 12.2. The van der Waals surface area contributed by atoms with E-state index in [9.17, 15) is 5.11 Å². The van der Waals surface area contributed by atoms with Crippen LogP contribution in [-0.2, 0) is 4.74 Å². The van der Waals surface area contributed by atoms with Crippen LogP contribution in [0.3, 0.4) is 0 Å². The van der Waals surface area contributed by atoms with Gasteiger partial charge in [0.2, 0.25) is 0 Å². The highest BCUT2D eigenvalue weighted by atomic mass is 16.5. The molecule has 0 saturated carbocycles. The molecule has 1 unspecified atom stereocenters. The van der Waals surface area contributed by atoms with Crippen molar-refractivity contribution in [2.75, 3.05) is 45.4 Å². The first-order valence-electron chi connectivity index (χ1n) is 12.2. The van der Waals surface area contributed by atoms with E-state index in [1.165, 1.54) is 6.33 Å². The third-order valence-electron chi connectivity index (χ3n) is 6.42. The Morgan fingerprint density at radius 1 is 1.25 bits per heavy atom. The summed E-state index contributed by atoms with van der Waals surface area (Å²) in [6.07, 6.45) is 6.53. The Kier molecular flexibility index (Phi) is 7.36. The van der Waals surface area contributed by atoms with Gasteiger partial charge in [0.05, 0.1) is 5.69 Å². The molecule has 0 bridgehead atoms. The van der Waals surface area contributed by atoms with Gasteiger partial charge in [0.1, 0.15) is 36.3 Å². The first-order chi connectivity index (χ1) is 17.6. The van der Waals surface area contributed by atoms with Crippen LogP contribution in [0.15, 0.2) is 49.1 Å². The minimum atomic E-state index is -0.595. The highest BCUT2D eigenvalue weighted by Crippen LogP contribution is 2.32. The van der Waals surface area contributed by atoms with Crippen LogP contribution in [0, 0.1) is 0 Å². The summed E-state index contributed by atoms with van der Waals surface area (Å²) in [5, 5.41) is 13.9. The molecule has 0 amide bonds. The third kappa shape index (κ3) is 5.30. The predicted octanol–water partition coefficient (Wildman–Crippen LogP) is 2.66. The van der Waals surface area contributed by atoms with E-state index in [0.29, 0.717) is 24.2 Å². The zero-order valence-electron chi connectivity index (χ0n) is 20.5. The highest BCUT2D eigenvalue weighted by Gasteiger charge is 2.22. The Morgan fingerprint density at radius 2 is 2.11 bits per heavy atom. The smallest absolute Gasteiger partial charge is 0.162 e. The number of hydrogen-bond donors (Lipinski definition) is 3. The normalized spacial score (nSPS) is 15.2. The number of fused-ring (bicyclic) bond motifs is 1. The number of aliphatic hydroxyl groups excluding tert-OH is 1. The lowest BCUT2D eigenvalue weighted by molar-refractivity contribution is 0.0853. The van der Waals surface area contributed by atoms with Crippen LogP contribution in [0.5, 0.6) is 5.75 Å². The Balaban J connectivity index is 1.53. The summed E-state index contributed by atoms with van der Waals surface area (Å²) in [4.78, 5) is 23.8. The molecule has 1 atom stereocenters. The maximum atomic E-state index is 10.0. The van der Waals surface area contributed by atoms with Gasteiger partial charge in [0.15, 0.2) is 5.82 Å². The maximum Gasteiger partial charge on any atom is 0.162 e. The largest absolute Gasteiger partial charge is 0.491 e. The van der Waals surface area contributed by atoms with Crippen LogP contribution < -0.4 is 15.0 Å². The minimum absolute atomic E-state index is 0.193. The molecule has 188 valence electrons. The van der Waals surface area contributed by atoms with Gasteiger partial charge in [0, 0.05) is 67.8 Å². The van der Waals surface area contributed by atoms with Crippen molar-refractivity contribution in [3.63, 3.8) is 0 Å². The predicted molar refractivity (Wildman–Crippen MR) is 138 cm³/mol. The molecule has 0 aliphatic carbocycles. The van der Waals surface area contributed by atoms with Crippen molar-refractivity contribution in [3.8, 4) is 28.4 Å². The average Bonchev–Trinajstić information content (AvgIpc) is 3.36. The molecule has 1 aromatic carbocycles. The number of aromatic nitrogens is 5. The molecule has 10 heteroatoms. The van der Waals surface area contributed by atoms with E-state index < -0.39 is 6.10 Å². The molecular weight excluding hydrogens is 458 g/mol. The zero-order chi connectivity index (χ0) is 24.9. The number of benzene rings is 1.